The average molecular weight is 493 g/mol. The molecule has 2 aromatic carbocycles. The van der Waals surface area contributed by atoms with Crippen LogP contribution in [-0.4, -0.2) is 60.1 Å². The molecule has 2 atom stereocenters. The number of ether oxygens (including phenoxy) is 2. The highest BCUT2D eigenvalue weighted by Gasteiger charge is 2.48. The molecule has 2 saturated heterocycles. The zero-order valence-electron chi connectivity index (χ0n) is 19.3. The lowest BCUT2D eigenvalue weighted by Gasteiger charge is -2.32. The second-order valence-corrected chi connectivity index (χ2v) is 8.50. The van der Waals surface area contributed by atoms with Crippen LogP contribution in [0.4, 0.5) is 14.9 Å². The third kappa shape index (κ3) is 4.94. The molecule has 1 aromatic heterocycles. The standard InChI is InChI=1S/C26H24FN3O6/c27-19-4-1-3-17(15-19)16-30-22(25(32)29-10-13-34-14-11-29)23(36-26(30)33)18-6-8-20(9-7-18)28-24(31)21-5-2-12-35-21/h1-9,12,15,22-23H,10-11,13-14,16H2,(H,28,31)/t22-,23-/m0/s1. The van der Waals surface area contributed by atoms with Gasteiger partial charge in [0.1, 0.15) is 5.82 Å². The predicted octanol–water partition coefficient (Wildman–Crippen LogP) is 3.59. The molecule has 0 aliphatic carbocycles. The number of hydrogen-bond donors (Lipinski definition) is 1. The van der Waals surface area contributed by atoms with E-state index in [0.717, 1.165) is 0 Å². The number of nitrogens with zero attached hydrogens (tertiary/aromatic N) is 2. The van der Waals surface area contributed by atoms with Gasteiger partial charge in [0.15, 0.2) is 17.9 Å². The van der Waals surface area contributed by atoms with E-state index in [2.05, 4.69) is 5.32 Å². The molecule has 10 heteroatoms. The Morgan fingerprint density at radius 2 is 1.81 bits per heavy atom. The first-order valence-corrected chi connectivity index (χ1v) is 11.5. The van der Waals surface area contributed by atoms with Crippen LogP contribution in [0.2, 0.25) is 0 Å². The summed E-state index contributed by atoms with van der Waals surface area (Å²) >= 11 is 0. The van der Waals surface area contributed by atoms with Gasteiger partial charge in [0.2, 0.25) is 5.91 Å². The van der Waals surface area contributed by atoms with Gasteiger partial charge in [0.05, 0.1) is 26.0 Å². The van der Waals surface area contributed by atoms with E-state index in [1.54, 1.807) is 53.4 Å². The number of benzene rings is 2. The number of cyclic esters (lactones) is 1. The van der Waals surface area contributed by atoms with Crippen molar-refractivity contribution in [3.05, 3.63) is 89.6 Å². The van der Waals surface area contributed by atoms with E-state index in [4.69, 9.17) is 13.9 Å². The maximum Gasteiger partial charge on any atom is 0.411 e. The Hall–Kier alpha value is -4.18. The van der Waals surface area contributed by atoms with Crippen LogP contribution in [-0.2, 0) is 20.8 Å². The van der Waals surface area contributed by atoms with Crippen LogP contribution in [0.25, 0.3) is 0 Å². The predicted molar refractivity (Wildman–Crippen MR) is 125 cm³/mol. The van der Waals surface area contributed by atoms with Crippen LogP contribution in [0.1, 0.15) is 27.8 Å². The third-order valence-corrected chi connectivity index (χ3v) is 6.14. The van der Waals surface area contributed by atoms with Crippen molar-refractivity contribution >= 4 is 23.6 Å². The number of rotatable bonds is 6. The fourth-order valence-corrected chi connectivity index (χ4v) is 4.35. The first-order valence-electron chi connectivity index (χ1n) is 11.5. The molecule has 2 aliphatic rings. The second kappa shape index (κ2) is 10.2. The summed E-state index contributed by atoms with van der Waals surface area (Å²) in [5.74, 6) is -0.921. The van der Waals surface area contributed by atoms with Crippen molar-refractivity contribution in [2.45, 2.75) is 18.7 Å². The minimum atomic E-state index is -0.942. The van der Waals surface area contributed by atoms with Gasteiger partial charge in [0.25, 0.3) is 5.91 Å². The van der Waals surface area contributed by atoms with Gasteiger partial charge in [-0.15, -0.1) is 0 Å². The number of amides is 3. The lowest BCUT2D eigenvalue weighted by atomic mass is 9.99. The lowest BCUT2D eigenvalue weighted by molar-refractivity contribution is -0.141. The summed E-state index contributed by atoms with van der Waals surface area (Å²) in [6.45, 7) is 1.65. The molecule has 5 rings (SSSR count). The number of furan rings is 1. The number of carbonyl (C=O) groups excluding carboxylic acids is 3. The maximum absolute atomic E-state index is 13.8. The molecule has 0 radical (unpaired) electrons. The van der Waals surface area contributed by atoms with Gasteiger partial charge in [-0.25, -0.2) is 9.18 Å². The third-order valence-electron chi connectivity index (χ3n) is 6.14. The van der Waals surface area contributed by atoms with E-state index < -0.39 is 30.0 Å². The molecule has 186 valence electrons. The Bertz CT molecular complexity index is 1240. The molecule has 2 aliphatic heterocycles. The summed E-state index contributed by atoms with van der Waals surface area (Å²) in [6, 6.07) is 14.8. The normalized spacial score (nSPS) is 19.8. The summed E-state index contributed by atoms with van der Waals surface area (Å²) in [4.78, 5) is 41.8. The molecule has 2 fully saturated rings. The minimum Gasteiger partial charge on any atom is -0.459 e. The first kappa shape index (κ1) is 23.6. The fraction of sp³-hybridized carbons (Fsp3) is 0.269. The topological polar surface area (TPSA) is 101 Å². The molecule has 0 saturated carbocycles. The average Bonchev–Trinajstić information content (AvgIpc) is 3.54. The van der Waals surface area contributed by atoms with Crippen molar-refractivity contribution in [2.24, 2.45) is 0 Å². The van der Waals surface area contributed by atoms with Crippen LogP contribution in [0, 0.1) is 5.82 Å². The summed E-state index contributed by atoms with van der Waals surface area (Å²) < 4.78 is 29.9. The largest absolute Gasteiger partial charge is 0.459 e. The maximum atomic E-state index is 13.8. The molecule has 0 spiro atoms. The van der Waals surface area contributed by atoms with Crippen LogP contribution in [0.3, 0.4) is 0 Å². The van der Waals surface area contributed by atoms with Crippen molar-refractivity contribution in [1.29, 1.82) is 0 Å². The van der Waals surface area contributed by atoms with Crippen molar-refractivity contribution in [3.63, 3.8) is 0 Å². The summed E-state index contributed by atoms with van der Waals surface area (Å²) in [7, 11) is 0. The number of halogens is 1. The number of nitrogens with one attached hydrogen (secondary N) is 1. The Kier molecular flexibility index (Phi) is 6.68. The van der Waals surface area contributed by atoms with Gasteiger partial charge in [-0.05, 0) is 47.5 Å². The van der Waals surface area contributed by atoms with Crippen LogP contribution >= 0.6 is 0 Å². The first-order chi connectivity index (χ1) is 17.5. The Balaban J connectivity index is 1.40. The zero-order chi connectivity index (χ0) is 25.1. The smallest absolute Gasteiger partial charge is 0.411 e. The van der Waals surface area contributed by atoms with Gasteiger partial charge < -0.3 is 24.1 Å². The minimum absolute atomic E-state index is 0.0190. The highest BCUT2D eigenvalue weighted by atomic mass is 19.1. The molecule has 3 aromatic rings. The van der Waals surface area contributed by atoms with Crippen molar-refractivity contribution in [1.82, 2.24) is 9.80 Å². The number of anilines is 1. The monoisotopic (exact) mass is 493 g/mol. The van der Waals surface area contributed by atoms with E-state index in [-0.39, 0.29) is 18.2 Å². The molecule has 0 bridgehead atoms. The van der Waals surface area contributed by atoms with Gasteiger partial charge in [-0.2, -0.15) is 0 Å². The molecule has 9 nitrogen and oxygen atoms in total. The lowest BCUT2D eigenvalue weighted by Crippen LogP contribution is -2.51. The van der Waals surface area contributed by atoms with Gasteiger partial charge >= 0.3 is 6.09 Å². The molecule has 36 heavy (non-hydrogen) atoms. The van der Waals surface area contributed by atoms with Gasteiger partial charge in [-0.1, -0.05) is 24.3 Å². The molecular weight excluding hydrogens is 469 g/mol. The summed E-state index contributed by atoms with van der Waals surface area (Å²) in [6.07, 6.45) is -0.129. The van der Waals surface area contributed by atoms with E-state index in [9.17, 15) is 18.8 Å². The second-order valence-electron chi connectivity index (χ2n) is 8.50. The van der Waals surface area contributed by atoms with E-state index in [0.29, 0.717) is 43.1 Å². The molecule has 3 heterocycles. The number of hydrogen-bond acceptors (Lipinski definition) is 6. The van der Waals surface area contributed by atoms with E-state index >= 15 is 0 Å². The van der Waals surface area contributed by atoms with Crippen molar-refractivity contribution < 1.29 is 32.7 Å². The molecular formula is C26H24FN3O6. The summed E-state index contributed by atoms with van der Waals surface area (Å²) in [5.41, 5.74) is 1.65. The van der Waals surface area contributed by atoms with Gasteiger partial charge in [-0.3, -0.25) is 14.5 Å². The van der Waals surface area contributed by atoms with Crippen LogP contribution in [0.5, 0.6) is 0 Å². The quantitative estimate of drug-likeness (QED) is 0.563. The molecule has 3 amide bonds. The highest BCUT2D eigenvalue weighted by molar-refractivity contribution is 6.02. The molecule has 1 N–H and O–H groups in total. The van der Waals surface area contributed by atoms with Crippen LogP contribution in [0.15, 0.2) is 71.3 Å². The van der Waals surface area contributed by atoms with Crippen LogP contribution < -0.4 is 5.32 Å². The number of morpholine rings is 1. The Morgan fingerprint density at radius 3 is 2.50 bits per heavy atom. The Morgan fingerprint density at radius 1 is 1.03 bits per heavy atom. The van der Waals surface area contributed by atoms with Crippen molar-refractivity contribution in [3.8, 4) is 0 Å². The fourth-order valence-electron chi connectivity index (χ4n) is 4.35. The summed E-state index contributed by atoms with van der Waals surface area (Å²) in [5, 5.41) is 2.73. The highest BCUT2D eigenvalue weighted by Crippen LogP contribution is 2.35. The zero-order valence-corrected chi connectivity index (χ0v) is 19.3. The Labute approximate surface area is 206 Å². The number of carbonyl (C=O) groups is 3. The SMILES string of the molecule is O=C(Nc1ccc([C@@H]2OC(=O)N(Cc3cccc(F)c3)[C@@H]2C(=O)N2CCOCC2)cc1)c1ccco1. The van der Waals surface area contributed by atoms with Crippen molar-refractivity contribution in [2.75, 3.05) is 31.6 Å². The molecule has 0 unspecified atom stereocenters. The van der Waals surface area contributed by atoms with E-state index in [1.165, 1.54) is 23.3 Å². The van der Waals surface area contributed by atoms with E-state index in [1.807, 2.05) is 0 Å². The van der Waals surface area contributed by atoms with Gasteiger partial charge in [0, 0.05) is 18.8 Å².